The third-order valence-electron chi connectivity index (χ3n) is 4.24. The van der Waals surface area contributed by atoms with Gasteiger partial charge in [-0.2, -0.15) is 0 Å². The third kappa shape index (κ3) is 3.10. The van der Waals surface area contributed by atoms with E-state index >= 15 is 0 Å². The van der Waals surface area contributed by atoms with Crippen molar-refractivity contribution in [3.63, 3.8) is 0 Å². The smallest absolute Gasteiger partial charge is 0.336 e. The molecule has 3 rings (SSSR count). The van der Waals surface area contributed by atoms with Crippen LogP contribution in [0.25, 0.3) is 0 Å². The van der Waals surface area contributed by atoms with E-state index in [-0.39, 0.29) is 17.9 Å². The molecular weight excluding hydrogens is 362 g/mol. The number of rotatable bonds is 4. The Bertz CT molecular complexity index is 782. The predicted molar refractivity (Wildman–Crippen MR) is 92.9 cm³/mol. The lowest BCUT2D eigenvalue weighted by atomic mass is 9.83. The summed E-state index contributed by atoms with van der Waals surface area (Å²) in [6, 6.07) is 3.28. The average molecular weight is 380 g/mol. The molecule has 0 fully saturated rings. The number of nitrogens with zero attached hydrogens (tertiary/aromatic N) is 1. The molecule has 0 aliphatic carbocycles. The van der Waals surface area contributed by atoms with Gasteiger partial charge in [-0.1, -0.05) is 11.6 Å². The summed E-state index contributed by atoms with van der Waals surface area (Å²) in [6.45, 7) is 2.54. The van der Waals surface area contributed by atoms with Gasteiger partial charge >= 0.3 is 11.9 Å². The molecule has 2 aliphatic rings. The predicted octanol–water partition coefficient (Wildman–Crippen LogP) is 2.60. The van der Waals surface area contributed by atoms with Gasteiger partial charge in [-0.3, -0.25) is 0 Å². The number of carbonyl (C=O) groups excluding carboxylic acids is 2. The summed E-state index contributed by atoms with van der Waals surface area (Å²) < 4.78 is 20.6. The first-order valence-electron chi connectivity index (χ1n) is 7.95. The van der Waals surface area contributed by atoms with Crippen LogP contribution in [0.2, 0.25) is 5.02 Å². The van der Waals surface area contributed by atoms with Crippen LogP contribution in [0, 0.1) is 0 Å². The van der Waals surface area contributed by atoms with Gasteiger partial charge in [-0.15, -0.1) is 0 Å². The molecule has 8 heteroatoms. The number of ether oxygens (including phenoxy) is 4. The summed E-state index contributed by atoms with van der Waals surface area (Å²) in [5, 5.41) is 0.341. The SMILES string of the molecule is CCN1C=C(C(=O)OC)C(c2cc3c(cc2Cl)OCO3)C(C(=O)OC)=C1. The van der Waals surface area contributed by atoms with Crippen molar-refractivity contribution in [3.8, 4) is 11.5 Å². The fourth-order valence-electron chi connectivity index (χ4n) is 2.96. The highest BCUT2D eigenvalue weighted by Crippen LogP contribution is 2.45. The molecule has 138 valence electrons. The van der Waals surface area contributed by atoms with Gasteiger partial charge in [0.15, 0.2) is 11.5 Å². The summed E-state index contributed by atoms with van der Waals surface area (Å²) in [7, 11) is 2.57. The lowest BCUT2D eigenvalue weighted by Crippen LogP contribution is -2.28. The van der Waals surface area contributed by atoms with Crippen LogP contribution in [0.15, 0.2) is 35.7 Å². The number of fused-ring (bicyclic) bond motifs is 1. The lowest BCUT2D eigenvalue weighted by Gasteiger charge is -2.29. The van der Waals surface area contributed by atoms with E-state index in [4.69, 9.17) is 30.5 Å². The van der Waals surface area contributed by atoms with E-state index in [2.05, 4.69) is 0 Å². The van der Waals surface area contributed by atoms with Crippen molar-refractivity contribution in [1.82, 2.24) is 4.90 Å². The second-order valence-corrected chi connectivity index (χ2v) is 6.05. The first-order valence-corrected chi connectivity index (χ1v) is 8.32. The van der Waals surface area contributed by atoms with Crippen LogP contribution in [0.1, 0.15) is 18.4 Å². The summed E-state index contributed by atoms with van der Waals surface area (Å²) in [4.78, 5) is 26.6. The zero-order valence-corrected chi connectivity index (χ0v) is 15.3. The van der Waals surface area contributed by atoms with Gasteiger partial charge in [0, 0.05) is 30.0 Å². The van der Waals surface area contributed by atoms with Gasteiger partial charge in [0.1, 0.15) is 0 Å². The average Bonchev–Trinajstić information content (AvgIpc) is 3.12. The number of hydrogen-bond acceptors (Lipinski definition) is 7. The topological polar surface area (TPSA) is 74.3 Å². The van der Waals surface area contributed by atoms with E-state index in [1.165, 1.54) is 14.2 Å². The molecule has 0 saturated carbocycles. The fourth-order valence-corrected chi connectivity index (χ4v) is 3.22. The molecule has 0 saturated heterocycles. The van der Waals surface area contributed by atoms with E-state index in [0.29, 0.717) is 28.6 Å². The van der Waals surface area contributed by atoms with Crippen molar-refractivity contribution in [1.29, 1.82) is 0 Å². The van der Waals surface area contributed by atoms with E-state index in [1.54, 1.807) is 29.4 Å². The fraction of sp³-hybridized carbons (Fsp3) is 0.333. The number of carbonyl (C=O) groups is 2. The minimum Gasteiger partial charge on any atom is -0.466 e. The number of methoxy groups -OCH3 is 2. The Morgan fingerprint density at radius 2 is 1.65 bits per heavy atom. The van der Waals surface area contributed by atoms with Gasteiger partial charge in [0.2, 0.25) is 6.79 Å². The zero-order valence-electron chi connectivity index (χ0n) is 14.6. The van der Waals surface area contributed by atoms with Crippen molar-refractivity contribution < 1.29 is 28.5 Å². The minimum atomic E-state index is -0.750. The summed E-state index contributed by atoms with van der Waals surface area (Å²) in [6.07, 6.45) is 3.29. The molecule has 7 nitrogen and oxygen atoms in total. The Morgan fingerprint density at radius 3 is 2.15 bits per heavy atom. The van der Waals surface area contributed by atoms with Crippen LogP contribution in [0.5, 0.6) is 11.5 Å². The summed E-state index contributed by atoms with van der Waals surface area (Å²) >= 11 is 6.43. The molecule has 0 atom stereocenters. The Morgan fingerprint density at radius 1 is 1.12 bits per heavy atom. The highest BCUT2D eigenvalue weighted by molar-refractivity contribution is 6.32. The number of benzene rings is 1. The second kappa shape index (κ2) is 7.29. The maximum absolute atomic E-state index is 12.4. The van der Waals surface area contributed by atoms with E-state index in [1.807, 2.05) is 6.92 Å². The second-order valence-electron chi connectivity index (χ2n) is 5.64. The molecule has 0 spiro atoms. The molecule has 0 bridgehead atoms. The van der Waals surface area contributed by atoms with E-state index in [9.17, 15) is 9.59 Å². The first-order chi connectivity index (χ1) is 12.5. The van der Waals surface area contributed by atoms with E-state index in [0.717, 1.165) is 0 Å². The van der Waals surface area contributed by atoms with Crippen molar-refractivity contribution in [3.05, 3.63) is 46.3 Å². The maximum atomic E-state index is 12.4. The van der Waals surface area contributed by atoms with Crippen molar-refractivity contribution in [2.24, 2.45) is 0 Å². The maximum Gasteiger partial charge on any atom is 0.336 e. The first kappa shape index (κ1) is 18.1. The van der Waals surface area contributed by atoms with Crippen LogP contribution >= 0.6 is 11.6 Å². The Hall–Kier alpha value is -2.67. The van der Waals surface area contributed by atoms with Crippen LogP contribution < -0.4 is 9.47 Å². The Balaban J connectivity index is 2.17. The molecule has 0 amide bonds. The highest BCUT2D eigenvalue weighted by atomic mass is 35.5. The quantitative estimate of drug-likeness (QED) is 0.744. The van der Waals surface area contributed by atoms with Crippen molar-refractivity contribution in [2.75, 3.05) is 27.6 Å². The lowest BCUT2D eigenvalue weighted by molar-refractivity contribution is -0.137. The minimum absolute atomic E-state index is 0.0861. The van der Waals surface area contributed by atoms with Crippen LogP contribution in [0.3, 0.4) is 0 Å². The molecule has 0 radical (unpaired) electrons. The molecule has 0 N–H and O–H groups in total. The normalized spacial score (nSPS) is 16.1. The summed E-state index contributed by atoms with van der Waals surface area (Å²) in [5.41, 5.74) is 1.08. The zero-order chi connectivity index (χ0) is 18.8. The largest absolute Gasteiger partial charge is 0.466 e. The monoisotopic (exact) mass is 379 g/mol. The van der Waals surface area contributed by atoms with E-state index < -0.39 is 17.9 Å². The Kier molecular flexibility index (Phi) is 5.08. The van der Waals surface area contributed by atoms with Gasteiger partial charge in [0.05, 0.1) is 31.3 Å². The van der Waals surface area contributed by atoms with Crippen molar-refractivity contribution in [2.45, 2.75) is 12.8 Å². The van der Waals surface area contributed by atoms with Crippen LogP contribution in [-0.2, 0) is 19.1 Å². The van der Waals surface area contributed by atoms with Gasteiger partial charge in [-0.25, -0.2) is 9.59 Å². The summed E-state index contributed by atoms with van der Waals surface area (Å²) in [5.74, 6) is -0.860. The van der Waals surface area contributed by atoms with Gasteiger partial charge in [0.25, 0.3) is 0 Å². The van der Waals surface area contributed by atoms with Crippen LogP contribution in [0.4, 0.5) is 0 Å². The molecular formula is C18H18ClNO6. The standard InChI is InChI=1S/C18H18ClNO6/c1-4-20-7-11(17(21)23-2)16(12(8-20)18(22)24-3)10-5-14-15(6-13(10)19)26-9-25-14/h5-8,16H,4,9H2,1-3H3. The van der Waals surface area contributed by atoms with Crippen molar-refractivity contribution >= 4 is 23.5 Å². The van der Waals surface area contributed by atoms with Gasteiger partial charge < -0.3 is 23.8 Å². The van der Waals surface area contributed by atoms with Gasteiger partial charge in [-0.05, 0) is 18.6 Å². The molecule has 0 unspecified atom stereocenters. The molecule has 1 aromatic rings. The molecule has 0 aromatic heterocycles. The van der Waals surface area contributed by atoms with Crippen LogP contribution in [-0.4, -0.2) is 44.4 Å². The molecule has 2 heterocycles. The number of halogens is 1. The number of esters is 2. The third-order valence-corrected chi connectivity index (χ3v) is 4.57. The molecule has 26 heavy (non-hydrogen) atoms. The molecule has 1 aromatic carbocycles. The number of hydrogen-bond donors (Lipinski definition) is 0. The Labute approximate surface area is 155 Å². The highest BCUT2D eigenvalue weighted by Gasteiger charge is 2.37. The molecule has 2 aliphatic heterocycles.